The maximum atomic E-state index is 13.4. The molecule has 6 nitrogen and oxygen atoms in total. The quantitative estimate of drug-likeness (QED) is 0.280. The summed E-state index contributed by atoms with van der Waals surface area (Å²) in [6.45, 7) is 4.68. The van der Waals surface area contributed by atoms with Crippen LogP contribution in [0.15, 0.2) is 47.4 Å². The molecule has 1 fully saturated rings. The van der Waals surface area contributed by atoms with Gasteiger partial charge in [0.25, 0.3) is 10.0 Å². The number of sulfonamides is 1. The lowest BCUT2D eigenvalue weighted by atomic mass is 10.2. The number of halogens is 3. The van der Waals surface area contributed by atoms with Crippen LogP contribution in [0.25, 0.3) is 0 Å². The number of carbonyl (C=O) groups is 1. The zero-order valence-electron chi connectivity index (χ0n) is 19.8. The normalized spacial score (nSPS) is 15.3. The molecule has 0 bridgehead atoms. The number of nitrogens with zero attached hydrogens (tertiary/aromatic N) is 2. The molecule has 1 atom stereocenters. The van der Waals surface area contributed by atoms with Gasteiger partial charge in [-0.3, -0.25) is 14.0 Å². The Labute approximate surface area is 227 Å². The molecule has 0 saturated carbocycles. The number of terminal acetylenes is 1. The van der Waals surface area contributed by atoms with Crippen LogP contribution in [0.3, 0.4) is 0 Å². The standard InChI is InChI=1S/C20H21Cl3N2O4S2.C2H6.C2H2/c1-29-20(26)19-12-30-13-24(19)9-2-10-25(18-11-15(22)5-8-17(18)23)31(27,28)16-6-3-14(21)4-7-16;2*1-2/h3-8,11,19H,2,9-10,12-13H2,1H3;1-2H3;1-2H. The van der Waals surface area contributed by atoms with Gasteiger partial charge in [-0.15, -0.1) is 24.6 Å². The third kappa shape index (κ3) is 8.49. The summed E-state index contributed by atoms with van der Waals surface area (Å²) in [5, 5.41) is 1.08. The Morgan fingerprint density at radius 1 is 1.11 bits per heavy atom. The van der Waals surface area contributed by atoms with E-state index in [0.717, 1.165) is 0 Å². The summed E-state index contributed by atoms with van der Waals surface area (Å²) in [6.07, 6.45) is 8.48. The van der Waals surface area contributed by atoms with Crippen molar-refractivity contribution in [2.24, 2.45) is 0 Å². The highest BCUT2D eigenvalue weighted by atomic mass is 35.5. The Kier molecular flexibility index (Phi) is 13.9. The highest BCUT2D eigenvalue weighted by molar-refractivity contribution is 7.99. The van der Waals surface area contributed by atoms with E-state index in [2.05, 4.69) is 12.8 Å². The maximum Gasteiger partial charge on any atom is 0.323 e. The van der Waals surface area contributed by atoms with E-state index in [9.17, 15) is 13.2 Å². The van der Waals surface area contributed by atoms with Gasteiger partial charge in [-0.1, -0.05) is 48.7 Å². The summed E-state index contributed by atoms with van der Waals surface area (Å²) in [5.74, 6) is 1.05. The van der Waals surface area contributed by atoms with Crippen LogP contribution in [0.1, 0.15) is 20.3 Å². The molecular weight excluding hydrogens is 551 g/mol. The molecule has 2 aromatic carbocycles. The third-order valence-corrected chi connectivity index (χ3v) is 8.53. The Morgan fingerprint density at radius 3 is 2.31 bits per heavy atom. The van der Waals surface area contributed by atoms with Crippen molar-refractivity contribution in [2.75, 3.05) is 36.1 Å². The number of hydrogen-bond acceptors (Lipinski definition) is 6. The number of carbonyl (C=O) groups excluding carboxylic acids is 1. The molecule has 0 amide bonds. The summed E-state index contributed by atoms with van der Waals surface area (Å²) in [6, 6.07) is 10.3. The first kappa shape index (κ1) is 31.4. The Hall–Kier alpha value is -1.60. The van der Waals surface area contributed by atoms with Gasteiger partial charge in [0, 0.05) is 34.8 Å². The van der Waals surface area contributed by atoms with Crippen molar-refractivity contribution >= 4 is 68.2 Å². The number of benzene rings is 2. The van der Waals surface area contributed by atoms with E-state index in [1.165, 1.54) is 41.7 Å². The highest BCUT2D eigenvalue weighted by Crippen LogP contribution is 2.33. The zero-order chi connectivity index (χ0) is 26.6. The van der Waals surface area contributed by atoms with Crippen LogP contribution in [0.4, 0.5) is 5.69 Å². The minimum absolute atomic E-state index is 0.0945. The van der Waals surface area contributed by atoms with Gasteiger partial charge < -0.3 is 4.74 Å². The average Bonchev–Trinajstić information content (AvgIpc) is 3.34. The van der Waals surface area contributed by atoms with Crippen LogP contribution < -0.4 is 4.31 Å². The molecule has 35 heavy (non-hydrogen) atoms. The lowest BCUT2D eigenvalue weighted by molar-refractivity contribution is -0.145. The summed E-state index contributed by atoms with van der Waals surface area (Å²) in [4.78, 5) is 14.1. The SMILES string of the molecule is C#C.CC.COC(=O)C1CSCN1CCCN(c1cc(Cl)ccc1Cl)S(=O)(=O)c1ccc(Cl)cc1. The monoisotopic (exact) mass is 578 g/mol. The average molecular weight is 580 g/mol. The lowest BCUT2D eigenvalue weighted by Crippen LogP contribution is -2.40. The lowest BCUT2D eigenvalue weighted by Gasteiger charge is -2.27. The molecule has 0 spiro atoms. The molecule has 192 valence electrons. The topological polar surface area (TPSA) is 66.9 Å². The molecule has 11 heteroatoms. The van der Waals surface area contributed by atoms with E-state index < -0.39 is 10.0 Å². The predicted octanol–water partition coefficient (Wildman–Crippen LogP) is 6.06. The number of esters is 1. The van der Waals surface area contributed by atoms with Gasteiger partial charge in [-0.25, -0.2) is 8.42 Å². The van der Waals surface area contributed by atoms with Gasteiger partial charge >= 0.3 is 5.97 Å². The third-order valence-electron chi connectivity index (χ3n) is 4.83. The fourth-order valence-corrected chi connectivity index (χ4v) is 6.54. The van der Waals surface area contributed by atoms with Crippen LogP contribution in [-0.2, 0) is 19.6 Å². The minimum Gasteiger partial charge on any atom is -0.468 e. The number of ether oxygens (including phenoxy) is 1. The van der Waals surface area contributed by atoms with E-state index in [1.807, 2.05) is 18.7 Å². The highest BCUT2D eigenvalue weighted by Gasteiger charge is 2.32. The van der Waals surface area contributed by atoms with Crippen LogP contribution in [-0.4, -0.2) is 57.2 Å². The van der Waals surface area contributed by atoms with Crippen LogP contribution >= 0.6 is 46.6 Å². The van der Waals surface area contributed by atoms with E-state index in [1.54, 1.807) is 23.9 Å². The minimum atomic E-state index is -3.92. The predicted molar refractivity (Wildman–Crippen MR) is 148 cm³/mol. The van der Waals surface area contributed by atoms with Crippen molar-refractivity contribution in [1.29, 1.82) is 0 Å². The maximum absolute atomic E-state index is 13.4. The van der Waals surface area contributed by atoms with Crippen molar-refractivity contribution in [3.63, 3.8) is 0 Å². The molecule has 2 aromatic rings. The van der Waals surface area contributed by atoms with Gasteiger partial charge in [0.15, 0.2) is 0 Å². The van der Waals surface area contributed by atoms with E-state index in [0.29, 0.717) is 40.3 Å². The Morgan fingerprint density at radius 2 is 1.71 bits per heavy atom. The molecule has 0 N–H and O–H groups in total. The molecule has 0 aliphatic carbocycles. The van der Waals surface area contributed by atoms with Crippen LogP contribution in [0.2, 0.25) is 15.1 Å². The fraction of sp³-hybridized carbons (Fsp3) is 0.375. The summed E-state index contributed by atoms with van der Waals surface area (Å²) >= 11 is 20.0. The molecule has 0 aromatic heterocycles. The summed E-state index contributed by atoms with van der Waals surface area (Å²) in [5.41, 5.74) is 0.296. The van der Waals surface area contributed by atoms with E-state index in [-0.39, 0.29) is 28.5 Å². The zero-order valence-corrected chi connectivity index (χ0v) is 23.7. The van der Waals surface area contributed by atoms with Gasteiger partial charge in [0.2, 0.25) is 0 Å². The molecule has 1 aliphatic rings. The van der Waals surface area contributed by atoms with Crippen molar-refractivity contribution in [3.8, 4) is 12.8 Å². The molecule has 1 unspecified atom stereocenters. The molecule has 0 radical (unpaired) electrons. The van der Waals surface area contributed by atoms with Crippen LogP contribution in [0.5, 0.6) is 0 Å². The van der Waals surface area contributed by atoms with Crippen molar-refractivity contribution < 1.29 is 17.9 Å². The van der Waals surface area contributed by atoms with Gasteiger partial charge in [-0.05, 0) is 48.9 Å². The molecular formula is C24H29Cl3N2O4S2. The second-order valence-electron chi connectivity index (χ2n) is 6.83. The molecule has 1 heterocycles. The second kappa shape index (κ2) is 15.5. The summed E-state index contributed by atoms with van der Waals surface area (Å²) in [7, 11) is -2.56. The van der Waals surface area contributed by atoms with Crippen molar-refractivity contribution in [2.45, 2.75) is 31.2 Å². The number of thioether (sulfide) groups is 1. The number of anilines is 1. The van der Waals surface area contributed by atoms with E-state index >= 15 is 0 Å². The smallest absolute Gasteiger partial charge is 0.323 e. The molecule has 1 saturated heterocycles. The first-order chi connectivity index (χ1) is 16.7. The fourth-order valence-electron chi connectivity index (χ4n) is 3.25. The van der Waals surface area contributed by atoms with E-state index in [4.69, 9.17) is 39.5 Å². The largest absolute Gasteiger partial charge is 0.468 e. The Bertz CT molecular complexity index is 1080. The first-order valence-electron chi connectivity index (χ1n) is 10.7. The summed E-state index contributed by atoms with van der Waals surface area (Å²) < 4.78 is 33.0. The van der Waals surface area contributed by atoms with Gasteiger partial charge in [0.1, 0.15) is 6.04 Å². The Balaban J connectivity index is 0.00000145. The number of rotatable bonds is 8. The number of methoxy groups -OCH3 is 1. The van der Waals surface area contributed by atoms with Gasteiger partial charge in [-0.2, -0.15) is 0 Å². The van der Waals surface area contributed by atoms with Crippen molar-refractivity contribution in [1.82, 2.24) is 4.90 Å². The van der Waals surface area contributed by atoms with Crippen LogP contribution in [0, 0.1) is 12.8 Å². The number of hydrogen-bond donors (Lipinski definition) is 0. The first-order valence-corrected chi connectivity index (χ1v) is 14.4. The molecule has 1 aliphatic heterocycles. The van der Waals surface area contributed by atoms with Crippen molar-refractivity contribution in [3.05, 3.63) is 57.5 Å². The van der Waals surface area contributed by atoms with Gasteiger partial charge in [0.05, 0.1) is 22.7 Å². The molecule has 3 rings (SSSR count). The second-order valence-corrected chi connectivity index (χ2v) is 11.0.